The molecule has 3 aromatic rings. The second-order valence-electron chi connectivity index (χ2n) is 8.29. The first-order valence-corrected chi connectivity index (χ1v) is 10.2. The van der Waals surface area contributed by atoms with E-state index in [1.54, 1.807) is 12.4 Å². The van der Waals surface area contributed by atoms with Gasteiger partial charge in [-0.15, -0.1) is 0 Å². The maximum Gasteiger partial charge on any atom is 0.228 e. The topological polar surface area (TPSA) is 81.9 Å². The Bertz CT molecular complexity index is 1010. The Labute approximate surface area is 163 Å². The molecule has 1 saturated carbocycles. The van der Waals surface area contributed by atoms with Gasteiger partial charge in [-0.2, -0.15) is 4.98 Å². The van der Waals surface area contributed by atoms with Crippen LogP contribution in [0.1, 0.15) is 31.4 Å². The Kier molecular flexibility index (Phi) is 3.62. The fraction of sp³-hybridized carbons (Fsp3) is 0.550. The minimum atomic E-state index is 0.289. The minimum Gasteiger partial charge on any atom is -0.371 e. The van der Waals surface area contributed by atoms with Crippen LogP contribution in [0.4, 0.5) is 5.95 Å². The largest absolute Gasteiger partial charge is 0.371 e. The van der Waals surface area contributed by atoms with E-state index in [0.717, 1.165) is 72.6 Å². The van der Waals surface area contributed by atoms with E-state index in [2.05, 4.69) is 24.4 Å². The first kappa shape index (κ1) is 16.4. The third-order valence-electron chi connectivity index (χ3n) is 5.95. The molecule has 1 aliphatic carbocycles. The van der Waals surface area contributed by atoms with Crippen molar-refractivity contribution in [2.75, 3.05) is 18.0 Å². The molecule has 6 rings (SSSR count). The Morgan fingerprint density at radius 1 is 1.00 bits per heavy atom. The summed E-state index contributed by atoms with van der Waals surface area (Å²) in [6, 6.07) is 0. The van der Waals surface area contributed by atoms with Crippen LogP contribution in [-0.4, -0.2) is 54.8 Å². The molecule has 0 radical (unpaired) electrons. The Hall–Kier alpha value is -2.61. The van der Waals surface area contributed by atoms with Crippen LogP contribution in [-0.2, 0) is 11.3 Å². The van der Waals surface area contributed by atoms with Crippen molar-refractivity contribution in [3.63, 3.8) is 0 Å². The zero-order chi connectivity index (χ0) is 18.7. The van der Waals surface area contributed by atoms with Gasteiger partial charge in [-0.1, -0.05) is 0 Å². The molecule has 0 spiro atoms. The van der Waals surface area contributed by atoms with E-state index in [1.807, 2.05) is 13.3 Å². The quantitative estimate of drug-likeness (QED) is 0.690. The molecule has 2 bridgehead atoms. The van der Waals surface area contributed by atoms with Gasteiger partial charge in [0.05, 0.1) is 30.4 Å². The number of imidazole rings is 1. The molecule has 28 heavy (non-hydrogen) atoms. The lowest BCUT2D eigenvalue weighted by molar-refractivity contribution is 0.0299. The molecule has 3 aliphatic rings. The van der Waals surface area contributed by atoms with Gasteiger partial charge in [0.15, 0.2) is 5.65 Å². The van der Waals surface area contributed by atoms with Crippen LogP contribution in [0, 0.1) is 12.8 Å². The molecule has 5 heterocycles. The number of anilines is 1. The average molecular weight is 377 g/mol. The van der Waals surface area contributed by atoms with E-state index >= 15 is 0 Å². The molecule has 2 atom stereocenters. The van der Waals surface area contributed by atoms with Crippen molar-refractivity contribution in [2.45, 2.75) is 51.4 Å². The van der Waals surface area contributed by atoms with Crippen LogP contribution < -0.4 is 4.90 Å². The molecule has 0 amide bonds. The standard InChI is InChI=1S/C20H23N7O/c1-12-6-22-16(7-21-12)17-18-19(27(11-23-18)8-13-2-3-13)25-20(24-17)26-9-14-4-5-15(10-26)28-14/h6-7,11,13-15H,2-5,8-10H2,1H3. The summed E-state index contributed by atoms with van der Waals surface area (Å²) in [5.41, 5.74) is 4.10. The highest BCUT2D eigenvalue weighted by Crippen LogP contribution is 2.34. The van der Waals surface area contributed by atoms with E-state index in [9.17, 15) is 0 Å². The third-order valence-corrected chi connectivity index (χ3v) is 5.95. The van der Waals surface area contributed by atoms with Crippen molar-refractivity contribution in [3.05, 3.63) is 24.4 Å². The van der Waals surface area contributed by atoms with E-state index < -0.39 is 0 Å². The monoisotopic (exact) mass is 377 g/mol. The van der Waals surface area contributed by atoms with Crippen LogP contribution in [0.2, 0.25) is 0 Å². The third kappa shape index (κ3) is 2.83. The van der Waals surface area contributed by atoms with Gasteiger partial charge in [-0.25, -0.2) is 9.97 Å². The van der Waals surface area contributed by atoms with E-state index in [0.29, 0.717) is 0 Å². The number of nitrogens with zero attached hydrogens (tertiary/aromatic N) is 7. The fourth-order valence-corrected chi connectivity index (χ4v) is 4.26. The molecule has 144 valence electrons. The van der Waals surface area contributed by atoms with Gasteiger partial charge in [0.2, 0.25) is 5.95 Å². The second-order valence-corrected chi connectivity index (χ2v) is 8.29. The SMILES string of the molecule is Cc1cnc(-c2nc(N3CC4CCC(C3)O4)nc3c2ncn3CC2CC2)cn1. The van der Waals surface area contributed by atoms with Gasteiger partial charge in [-0.05, 0) is 38.5 Å². The minimum absolute atomic E-state index is 0.289. The van der Waals surface area contributed by atoms with Crippen molar-refractivity contribution < 1.29 is 4.74 Å². The first-order valence-electron chi connectivity index (χ1n) is 10.2. The number of hydrogen-bond acceptors (Lipinski definition) is 7. The maximum absolute atomic E-state index is 6.00. The summed E-state index contributed by atoms with van der Waals surface area (Å²) < 4.78 is 8.18. The van der Waals surface area contributed by atoms with Gasteiger partial charge in [-0.3, -0.25) is 9.97 Å². The highest BCUT2D eigenvalue weighted by molar-refractivity contribution is 5.87. The normalized spacial score (nSPS) is 24.2. The van der Waals surface area contributed by atoms with Gasteiger partial charge >= 0.3 is 0 Å². The number of aromatic nitrogens is 6. The maximum atomic E-state index is 6.00. The number of ether oxygens (including phenoxy) is 1. The molecular formula is C20H23N7O. The first-order chi connectivity index (χ1) is 13.7. The molecule has 3 aromatic heterocycles. The molecule has 0 aromatic carbocycles. The summed E-state index contributed by atoms with van der Waals surface area (Å²) in [7, 11) is 0. The lowest BCUT2D eigenvalue weighted by Crippen LogP contribution is -2.43. The van der Waals surface area contributed by atoms with Gasteiger partial charge < -0.3 is 14.2 Å². The lowest BCUT2D eigenvalue weighted by Gasteiger charge is -2.32. The van der Waals surface area contributed by atoms with Crippen molar-refractivity contribution in [1.29, 1.82) is 0 Å². The molecular weight excluding hydrogens is 354 g/mol. The molecule has 8 heteroatoms. The summed E-state index contributed by atoms with van der Waals surface area (Å²) in [5, 5.41) is 0. The summed E-state index contributed by atoms with van der Waals surface area (Å²) in [4.78, 5) is 25.8. The van der Waals surface area contributed by atoms with E-state index in [4.69, 9.17) is 14.7 Å². The highest BCUT2D eigenvalue weighted by atomic mass is 16.5. The van der Waals surface area contributed by atoms with Crippen molar-refractivity contribution in [2.24, 2.45) is 5.92 Å². The fourth-order valence-electron chi connectivity index (χ4n) is 4.26. The van der Waals surface area contributed by atoms with Crippen LogP contribution in [0.15, 0.2) is 18.7 Å². The Morgan fingerprint density at radius 2 is 1.82 bits per heavy atom. The lowest BCUT2D eigenvalue weighted by atomic mass is 10.2. The smallest absolute Gasteiger partial charge is 0.228 e. The molecule has 3 fully saturated rings. The van der Waals surface area contributed by atoms with Gasteiger partial charge in [0, 0.05) is 25.8 Å². The summed E-state index contributed by atoms with van der Waals surface area (Å²) in [5.74, 6) is 1.50. The van der Waals surface area contributed by atoms with Crippen LogP contribution >= 0.6 is 0 Å². The number of fused-ring (bicyclic) bond motifs is 3. The second kappa shape index (κ2) is 6.20. The molecule has 2 saturated heterocycles. The predicted octanol–water partition coefficient (Wildman–Crippen LogP) is 2.37. The number of aryl methyl sites for hydroxylation is 1. The Balaban J connectivity index is 1.48. The average Bonchev–Trinajstić information content (AvgIpc) is 3.35. The number of rotatable bonds is 4. The summed E-state index contributed by atoms with van der Waals surface area (Å²) in [6.45, 7) is 4.60. The molecule has 0 N–H and O–H groups in total. The van der Waals surface area contributed by atoms with Crippen LogP contribution in [0.25, 0.3) is 22.6 Å². The van der Waals surface area contributed by atoms with Gasteiger partial charge in [0.25, 0.3) is 0 Å². The zero-order valence-electron chi connectivity index (χ0n) is 16.0. The van der Waals surface area contributed by atoms with Gasteiger partial charge in [0.1, 0.15) is 16.9 Å². The van der Waals surface area contributed by atoms with E-state index in [1.165, 1.54) is 12.8 Å². The van der Waals surface area contributed by atoms with Crippen molar-refractivity contribution in [1.82, 2.24) is 29.5 Å². The Morgan fingerprint density at radius 3 is 2.54 bits per heavy atom. The highest BCUT2D eigenvalue weighted by Gasteiger charge is 2.35. The molecule has 2 unspecified atom stereocenters. The summed E-state index contributed by atoms with van der Waals surface area (Å²) >= 11 is 0. The number of morpholine rings is 1. The number of hydrogen-bond donors (Lipinski definition) is 0. The van der Waals surface area contributed by atoms with Crippen LogP contribution in [0.5, 0.6) is 0 Å². The predicted molar refractivity (Wildman–Crippen MR) is 104 cm³/mol. The zero-order valence-corrected chi connectivity index (χ0v) is 16.0. The molecule has 8 nitrogen and oxygen atoms in total. The molecule has 2 aliphatic heterocycles. The summed E-state index contributed by atoms with van der Waals surface area (Å²) in [6.07, 6.45) is 10.9. The van der Waals surface area contributed by atoms with Crippen molar-refractivity contribution in [3.8, 4) is 11.4 Å². The van der Waals surface area contributed by atoms with Crippen molar-refractivity contribution >= 4 is 17.1 Å². The van der Waals surface area contributed by atoms with E-state index in [-0.39, 0.29) is 12.2 Å². The van der Waals surface area contributed by atoms with Crippen LogP contribution in [0.3, 0.4) is 0 Å².